The molecule has 0 amide bonds. The molecular formula is C21H17F2N7. The van der Waals surface area contributed by atoms with Gasteiger partial charge in [0.2, 0.25) is 0 Å². The van der Waals surface area contributed by atoms with Crippen molar-refractivity contribution in [2.45, 2.75) is 19.9 Å². The zero-order valence-electron chi connectivity index (χ0n) is 16.1. The molecule has 0 aliphatic carbocycles. The van der Waals surface area contributed by atoms with Gasteiger partial charge in [-0.3, -0.25) is 4.57 Å². The molecule has 0 bridgehead atoms. The van der Waals surface area contributed by atoms with E-state index >= 15 is 0 Å². The summed E-state index contributed by atoms with van der Waals surface area (Å²) in [5, 5.41) is 11.9. The van der Waals surface area contributed by atoms with Gasteiger partial charge in [-0.05, 0) is 43.3 Å². The summed E-state index contributed by atoms with van der Waals surface area (Å²) in [5.41, 5.74) is 3.52. The predicted molar refractivity (Wildman–Crippen MR) is 107 cm³/mol. The second-order valence-corrected chi connectivity index (χ2v) is 6.82. The van der Waals surface area contributed by atoms with Crippen molar-refractivity contribution in [3.05, 3.63) is 84.5 Å². The van der Waals surface area contributed by atoms with Crippen LogP contribution in [0.4, 0.5) is 8.78 Å². The number of aromatic nitrogens is 7. The molecule has 3 heterocycles. The number of rotatable bonds is 5. The van der Waals surface area contributed by atoms with Crippen molar-refractivity contribution in [1.29, 1.82) is 0 Å². The lowest BCUT2D eigenvalue weighted by Crippen LogP contribution is -2.09. The number of nitrogens with zero attached hydrogens (tertiary/aromatic N) is 7. The molecule has 0 radical (unpaired) electrons. The van der Waals surface area contributed by atoms with Gasteiger partial charge in [0, 0.05) is 25.2 Å². The molecule has 0 unspecified atom stereocenters. The summed E-state index contributed by atoms with van der Waals surface area (Å²) >= 11 is 0. The van der Waals surface area contributed by atoms with Crippen molar-refractivity contribution >= 4 is 11.0 Å². The molecule has 0 spiro atoms. The zero-order valence-corrected chi connectivity index (χ0v) is 16.1. The SMILES string of the molecule is CCn1c(Cc2ccnn2-c2cc(F)ccc2F)nc2cc(-n3cnnc3)ccc21. The fourth-order valence-corrected chi connectivity index (χ4v) is 3.64. The van der Waals surface area contributed by atoms with Crippen molar-refractivity contribution < 1.29 is 8.78 Å². The van der Waals surface area contributed by atoms with Crippen LogP contribution in [0.15, 0.2) is 61.3 Å². The van der Waals surface area contributed by atoms with Gasteiger partial charge < -0.3 is 4.57 Å². The third-order valence-electron chi connectivity index (χ3n) is 5.04. The zero-order chi connectivity index (χ0) is 20.7. The highest BCUT2D eigenvalue weighted by Crippen LogP contribution is 2.23. The van der Waals surface area contributed by atoms with E-state index in [1.54, 1.807) is 24.9 Å². The lowest BCUT2D eigenvalue weighted by Gasteiger charge is -2.10. The third kappa shape index (κ3) is 3.04. The average molecular weight is 405 g/mol. The highest BCUT2D eigenvalue weighted by atomic mass is 19.1. The largest absolute Gasteiger partial charge is 0.328 e. The van der Waals surface area contributed by atoms with Crippen LogP contribution in [-0.4, -0.2) is 34.1 Å². The van der Waals surface area contributed by atoms with Crippen LogP contribution in [0.2, 0.25) is 0 Å². The summed E-state index contributed by atoms with van der Waals surface area (Å²) in [5.74, 6) is -0.244. The summed E-state index contributed by atoms with van der Waals surface area (Å²) in [6.07, 6.45) is 5.25. The van der Waals surface area contributed by atoms with E-state index in [0.717, 1.165) is 47.3 Å². The number of aryl methyl sites for hydroxylation is 1. The van der Waals surface area contributed by atoms with E-state index in [1.807, 2.05) is 29.7 Å². The fourth-order valence-electron chi connectivity index (χ4n) is 3.64. The standard InChI is InChI=1S/C21H17F2N7/c1-2-29-19-6-4-15(28-12-24-25-13-28)10-18(19)27-21(29)11-16-7-8-26-30(16)20-9-14(22)3-5-17(20)23/h3-10,12-13H,2,11H2,1H3. The Morgan fingerprint density at radius 3 is 2.60 bits per heavy atom. The Balaban J connectivity index is 1.56. The number of hydrogen-bond acceptors (Lipinski definition) is 4. The number of benzene rings is 2. The Labute approximate surface area is 170 Å². The minimum absolute atomic E-state index is 0.0732. The summed E-state index contributed by atoms with van der Waals surface area (Å²) in [6.45, 7) is 2.77. The second-order valence-electron chi connectivity index (χ2n) is 6.82. The van der Waals surface area contributed by atoms with E-state index in [0.29, 0.717) is 12.1 Å². The van der Waals surface area contributed by atoms with Gasteiger partial charge in [0.15, 0.2) is 0 Å². The van der Waals surface area contributed by atoms with Crippen molar-refractivity contribution in [2.75, 3.05) is 0 Å². The number of hydrogen-bond donors (Lipinski definition) is 0. The van der Waals surface area contributed by atoms with E-state index in [2.05, 4.69) is 19.9 Å². The highest BCUT2D eigenvalue weighted by molar-refractivity contribution is 5.78. The number of fused-ring (bicyclic) bond motifs is 1. The lowest BCUT2D eigenvalue weighted by molar-refractivity contribution is 0.583. The second kappa shape index (κ2) is 7.18. The normalized spacial score (nSPS) is 11.4. The molecule has 0 atom stereocenters. The molecule has 2 aromatic carbocycles. The highest BCUT2D eigenvalue weighted by Gasteiger charge is 2.16. The first kappa shape index (κ1) is 18.2. The molecule has 0 aliphatic heterocycles. The Morgan fingerprint density at radius 1 is 0.967 bits per heavy atom. The van der Waals surface area contributed by atoms with Crippen molar-refractivity contribution in [1.82, 2.24) is 34.1 Å². The summed E-state index contributed by atoms with van der Waals surface area (Å²) in [7, 11) is 0. The Morgan fingerprint density at radius 2 is 1.80 bits per heavy atom. The Kier molecular flexibility index (Phi) is 4.35. The van der Waals surface area contributed by atoms with Gasteiger partial charge in [-0.25, -0.2) is 18.4 Å². The summed E-state index contributed by atoms with van der Waals surface area (Å²) < 4.78 is 33.3. The first-order chi connectivity index (χ1) is 14.6. The van der Waals surface area contributed by atoms with Gasteiger partial charge in [-0.15, -0.1) is 10.2 Å². The van der Waals surface area contributed by atoms with Crippen molar-refractivity contribution in [3.63, 3.8) is 0 Å². The minimum Gasteiger partial charge on any atom is -0.328 e. The molecule has 0 saturated carbocycles. The molecule has 5 rings (SSSR count). The van der Waals surface area contributed by atoms with E-state index < -0.39 is 11.6 Å². The topological polar surface area (TPSA) is 66.3 Å². The Hall–Kier alpha value is -3.88. The summed E-state index contributed by atoms with van der Waals surface area (Å²) in [4.78, 5) is 4.80. The average Bonchev–Trinajstić information content (AvgIpc) is 3.49. The van der Waals surface area contributed by atoms with E-state index in [1.165, 1.54) is 4.68 Å². The van der Waals surface area contributed by atoms with E-state index in [-0.39, 0.29) is 5.69 Å². The van der Waals surface area contributed by atoms with Crippen LogP contribution in [0.1, 0.15) is 18.4 Å². The van der Waals surface area contributed by atoms with Gasteiger partial charge >= 0.3 is 0 Å². The molecule has 0 aliphatic rings. The maximum atomic E-state index is 14.3. The monoisotopic (exact) mass is 405 g/mol. The van der Waals surface area contributed by atoms with Gasteiger partial charge in [0.1, 0.15) is 35.8 Å². The van der Waals surface area contributed by atoms with Crippen LogP contribution in [0, 0.1) is 11.6 Å². The molecule has 0 saturated heterocycles. The van der Waals surface area contributed by atoms with Gasteiger partial charge in [-0.2, -0.15) is 5.10 Å². The molecule has 30 heavy (non-hydrogen) atoms. The number of halogens is 2. The molecular weight excluding hydrogens is 388 g/mol. The van der Waals surface area contributed by atoms with Crippen LogP contribution in [-0.2, 0) is 13.0 Å². The van der Waals surface area contributed by atoms with E-state index in [4.69, 9.17) is 4.98 Å². The minimum atomic E-state index is -0.538. The fraction of sp³-hybridized carbons (Fsp3) is 0.143. The van der Waals surface area contributed by atoms with Gasteiger partial charge in [0.05, 0.1) is 22.4 Å². The molecule has 5 aromatic rings. The van der Waals surface area contributed by atoms with Crippen LogP contribution in [0.5, 0.6) is 0 Å². The first-order valence-electron chi connectivity index (χ1n) is 9.46. The Bertz CT molecular complexity index is 1340. The maximum absolute atomic E-state index is 14.3. The smallest absolute Gasteiger partial charge is 0.149 e. The molecule has 0 fully saturated rings. The molecule has 9 heteroatoms. The van der Waals surface area contributed by atoms with Gasteiger partial charge in [0.25, 0.3) is 0 Å². The molecule has 0 N–H and O–H groups in total. The van der Waals surface area contributed by atoms with Crippen LogP contribution >= 0.6 is 0 Å². The van der Waals surface area contributed by atoms with E-state index in [9.17, 15) is 8.78 Å². The third-order valence-corrected chi connectivity index (χ3v) is 5.04. The first-order valence-corrected chi connectivity index (χ1v) is 9.46. The number of imidazole rings is 1. The predicted octanol–water partition coefficient (Wildman–Crippen LogP) is 3.69. The quantitative estimate of drug-likeness (QED) is 0.447. The lowest BCUT2D eigenvalue weighted by atomic mass is 10.2. The molecule has 150 valence electrons. The van der Waals surface area contributed by atoms with Crippen molar-refractivity contribution in [3.8, 4) is 11.4 Å². The maximum Gasteiger partial charge on any atom is 0.149 e. The van der Waals surface area contributed by atoms with Crippen LogP contribution in [0.25, 0.3) is 22.4 Å². The summed E-state index contributed by atoms with van der Waals surface area (Å²) in [6, 6.07) is 11.1. The molecule has 3 aromatic heterocycles. The van der Waals surface area contributed by atoms with Crippen LogP contribution in [0.3, 0.4) is 0 Å². The molecule has 7 nitrogen and oxygen atoms in total. The van der Waals surface area contributed by atoms with Gasteiger partial charge in [-0.1, -0.05) is 0 Å². The van der Waals surface area contributed by atoms with Crippen molar-refractivity contribution in [2.24, 2.45) is 0 Å². The van der Waals surface area contributed by atoms with Crippen LogP contribution < -0.4 is 0 Å².